The van der Waals surface area contributed by atoms with Gasteiger partial charge in [-0.25, -0.2) is 0 Å². The second kappa shape index (κ2) is 13.9. The molecule has 0 radical (unpaired) electrons. The number of ketones is 1. The third-order valence-corrected chi connectivity index (χ3v) is 13.4. The van der Waals surface area contributed by atoms with E-state index in [0.29, 0.717) is 37.0 Å². The van der Waals surface area contributed by atoms with Crippen LogP contribution < -0.4 is 4.74 Å². The van der Waals surface area contributed by atoms with E-state index in [1.807, 2.05) is 27.7 Å². The Morgan fingerprint density at radius 2 is 1.75 bits per heavy atom. The molecule has 1 aromatic carbocycles. The second-order valence-electron chi connectivity index (χ2n) is 17.0. The average Bonchev–Trinajstić information content (AvgIpc) is 3.27. The van der Waals surface area contributed by atoms with Gasteiger partial charge in [-0.2, -0.15) is 0 Å². The van der Waals surface area contributed by atoms with Gasteiger partial charge in [-0.05, 0) is 99.8 Å². The van der Waals surface area contributed by atoms with Crippen LogP contribution in [-0.4, -0.2) is 114 Å². The molecule has 4 aliphatic rings. The van der Waals surface area contributed by atoms with Gasteiger partial charge in [0.25, 0.3) is 0 Å². The van der Waals surface area contributed by atoms with Crippen molar-refractivity contribution in [2.45, 2.75) is 153 Å². The fourth-order valence-corrected chi connectivity index (χ4v) is 10.2. The molecule has 1 saturated heterocycles. The molecule has 51 heavy (non-hydrogen) atoms. The van der Waals surface area contributed by atoms with Gasteiger partial charge in [-0.15, -0.1) is 0 Å². The van der Waals surface area contributed by atoms with Crippen LogP contribution in [0, 0.1) is 29.6 Å². The molecule has 12 heteroatoms. The van der Waals surface area contributed by atoms with Gasteiger partial charge in [0.05, 0.1) is 29.3 Å². The van der Waals surface area contributed by atoms with E-state index in [0.717, 1.165) is 18.4 Å². The van der Waals surface area contributed by atoms with E-state index in [2.05, 4.69) is 13.8 Å². The Hall–Kier alpha value is -2.13. The highest BCUT2D eigenvalue weighted by molar-refractivity contribution is 5.93. The van der Waals surface area contributed by atoms with Gasteiger partial charge in [-0.1, -0.05) is 39.3 Å². The molecule has 0 aromatic heterocycles. The summed E-state index contributed by atoms with van der Waals surface area (Å²) in [5.74, 6) is -1.57. The third kappa shape index (κ3) is 6.36. The summed E-state index contributed by atoms with van der Waals surface area (Å²) in [5.41, 5.74) is -3.23. The van der Waals surface area contributed by atoms with Crippen LogP contribution in [0.15, 0.2) is 18.2 Å². The Balaban J connectivity index is 1.49. The Labute approximate surface area is 301 Å². The van der Waals surface area contributed by atoms with Crippen LogP contribution in [0.25, 0.3) is 0 Å². The number of carbonyl (C=O) groups is 1. The number of aliphatic hydroxyl groups excluding tert-OH is 6. The summed E-state index contributed by atoms with van der Waals surface area (Å²) in [6.07, 6.45) is -3.57. The average molecular weight is 721 g/mol. The molecule has 2 saturated carbocycles. The van der Waals surface area contributed by atoms with Crippen molar-refractivity contribution in [2.24, 2.45) is 22.7 Å². The first kappa shape index (κ1) is 40.1. The lowest BCUT2D eigenvalue weighted by molar-refractivity contribution is -0.277. The minimum Gasteiger partial charge on any atom is -0.504 e. The molecule has 1 heterocycles. The Bertz CT molecular complexity index is 1490. The van der Waals surface area contributed by atoms with Crippen LogP contribution in [0.2, 0.25) is 0 Å². The van der Waals surface area contributed by atoms with Crippen LogP contribution in [0.1, 0.15) is 97.3 Å². The van der Waals surface area contributed by atoms with Crippen LogP contribution in [0.4, 0.5) is 0 Å². The number of carbonyl (C=O) groups excluding carboxylic acids is 1. The number of ether oxygens (including phenoxy) is 3. The first-order valence-corrected chi connectivity index (χ1v) is 18.4. The molecule has 0 spiro atoms. The molecule has 3 aliphatic carbocycles. The van der Waals surface area contributed by atoms with E-state index < -0.39 is 82.9 Å². The molecular weight excluding hydrogens is 660 g/mol. The minimum absolute atomic E-state index is 0.0126. The lowest BCUT2D eigenvalue weighted by Crippen LogP contribution is -2.64. The Morgan fingerprint density at radius 1 is 1.08 bits per heavy atom. The van der Waals surface area contributed by atoms with Crippen LogP contribution in [0.3, 0.4) is 0 Å². The SMILES string of the molecule is CCCCOC(C)(C)/C=C/C(O)[C@](C)(O)[C@H]1[C@H](O)C[C@@]2(C)[C@@H]3CCc4c(cc(O[C@@H]5O[C@H](CO)[C@@H](O)[C@H](O)[C@H]5O)c(O)c4C)[C@]3(C)C(=O)C[C@]12C. The van der Waals surface area contributed by atoms with Gasteiger partial charge < -0.3 is 55.1 Å². The number of phenolic OH excluding ortho intramolecular Hbond substituents is 1. The minimum atomic E-state index is -1.79. The van der Waals surface area contributed by atoms with Gasteiger partial charge in [0.1, 0.15) is 36.3 Å². The maximum Gasteiger partial charge on any atom is 0.229 e. The molecule has 0 amide bonds. The molecule has 1 aromatic rings. The van der Waals surface area contributed by atoms with Crippen LogP contribution in [-0.2, 0) is 26.1 Å². The third-order valence-electron chi connectivity index (χ3n) is 13.4. The zero-order valence-electron chi connectivity index (χ0n) is 31.3. The summed E-state index contributed by atoms with van der Waals surface area (Å²) in [4.78, 5) is 14.7. The van der Waals surface area contributed by atoms with Crippen molar-refractivity contribution in [3.63, 3.8) is 0 Å². The van der Waals surface area contributed by atoms with E-state index in [-0.39, 0.29) is 29.6 Å². The number of aliphatic hydroxyl groups is 7. The summed E-state index contributed by atoms with van der Waals surface area (Å²) < 4.78 is 17.4. The largest absolute Gasteiger partial charge is 0.504 e. The first-order chi connectivity index (χ1) is 23.6. The van der Waals surface area contributed by atoms with Crippen molar-refractivity contribution in [3.8, 4) is 11.5 Å². The lowest BCUT2D eigenvalue weighted by Gasteiger charge is -2.62. The first-order valence-electron chi connectivity index (χ1n) is 18.4. The van der Waals surface area contributed by atoms with Crippen LogP contribution >= 0.6 is 0 Å². The molecule has 0 bridgehead atoms. The molecule has 288 valence electrons. The number of fused-ring (bicyclic) bond motifs is 5. The number of phenols is 1. The van der Waals surface area contributed by atoms with Gasteiger partial charge in [0, 0.05) is 18.9 Å². The van der Waals surface area contributed by atoms with E-state index in [1.165, 1.54) is 13.0 Å². The number of hydrogen-bond donors (Lipinski definition) is 8. The molecule has 8 N–H and O–H groups in total. The van der Waals surface area contributed by atoms with Crippen molar-refractivity contribution < 1.29 is 59.9 Å². The van der Waals surface area contributed by atoms with Crippen molar-refractivity contribution in [1.29, 1.82) is 0 Å². The van der Waals surface area contributed by atoms with E-state index in [9.17, 15) is 45.6 Å². The smallest absolute Gasteiger partial charge is 0.229 e. The standard InChI is InChI=1S/C39H60O12/c1-9-10-15-49-35(3,4)14-13-27(42)39(8,48)33-23(41)17-36(5)26-12-11-21-20(2)29(44)24(16-22(21)38(26,7)28(43)18-37(33,36)6)50-34-32(47)31(46)30(45)25(19-40)51-34/h13-14,16,23,25-27,30-34,40-42,44-48H,9-12,15,17-19H2,1-8H3/b14-13+/t23-,25-,26+,27?,30-,31+,32-,33+,34-,36+,37-,38+,39+/m1/s1. The molecule has 13 atom stereocenters. The molecular formula is C39H60O12. The fourth-order valence-electron chi connectivity index (χ4n) is 10.2. The molecule has 1 unspecified atom stereocenters. The molecule has 5 rings (SSSR count). The second-order valence-corrected chi connectivity index (χ2v) is 17.0. The number of benzene rings is 1. The summed E-state index contributed by atoms with van der Waals surface area (Å²) in [7, 11) is 0. The summed E-state index contributed by atoms with van der Waals surface area (Å²) >= 11 is 0. The summed E-state index contributed by atoms with van der Waals surface area (Å²) in [6.45, 7) is 14.9. The Morgan fingerprint density at radius 3 is 2.37 bits per heavy atom. The highest BCUT2D eigenvalue weighted by atomic mass is 16.7. The normalized spacial score (nSPS) is 40.0. The lowest BCUT2D eigenvalue weighted by atomic mass is 9.41. The molecule has 3 fully saturated rings. The highest BCUT2D eigenvalue weighted by Gasteiger charge is 2.73. The topological polar surface area (TPSA) is 207 Å². The van der Waals surface area contributed by atoms with Crippen molar-refractivity contribution >= 4 is 5.78 Å². The number of unbranched alkanes of at least 4 members (excludes halogenated alkanes) is 1. The van der Waals surface area contributed by atoms with E-state index in [1.54, 1.807) is 19.1 Å². The zero-order valence-corrected chi connectivity index (χ0v) is 31.3. The van der Waals surface area contributed by atoms with Gasteiger partial charge in [0.2, 0.25) is 6.29 Å². The van der Waals surface area contributed by atoms with Gasteiger partial charge in [0.15, 0.2) is 11.5 Å². The van der Waals surface area contributed by atoms with Crippen molar-refractivity contribution in [3.05, 3.63) is 34.9 Å². The maximum absolute atomic E-state index is 14.7. The fraction of sp³-hybridized carbons (Fsp3) is 0.769. The summed E-state index contributed by atoms with van der Waals surface area (Å²) in [6, 6.07) is 1.58. The zero-order chi connectivity index (χ0) is 38.1. The predicted octanol–water partition coefficient (Wildman–Crippen LogP) is 2.33. The van der Waals surface area contributed by atoms with E-state index >= 15 is 0 Å². The Kier molecular flexibility index (Phi) is 10.9. The monoisotopic (exact) mass is 720 g/mol. The maximum atomic E-state index is 14.7. The van der Waals surface area contributed by atoms with Crippen molar-refractivity contribution in [1.82, 2.24) is 0 Å². The summed E-state index contributed by atoms with van der Waals surface area (Å²) in [5, 5.41) is 87.5. The number of Topliss-reactive ketones (excluding diaryl/α,β-unsaturated/α-hetero) is 1. The quantitative estimate of drug-likeness (QED) is 0.123. The van der Waals surface area contributed by atoms with Gasteiger partial charge >= 0.3 is 0 Å². The number of rotatable bonds is 11. The van der Waals surface area contributed by atoms with Gasteiger partial charge in [-0.3, -0.25) is 4.79 Å². The molecule has 1 aliphatic heterocycles. The van der Waals surface area contributed by atoms with Crippen molar-refractivity contribution in [2.75, 3.05) is 13.2 Å². The number of aromatic hydroxyl groups is 1. The highest BCUT2D eigenvalue weighted by Crippen LogP contribution is 2.72. The van der Waals surface area contributed by atoms with Crippen LogP contribution in [0.5, 0.6) is 11.5 Å². The number of hydrogen-bond acceptors (Lipinski definition) is 12. The predicted molar refractivity (Wildman–Crippen MR) is 187 cm³/mol. The van der Waals surface area contributed by atoms with E-state index in [4.69, 9.17) is 14.2 Å². The molecule has 12 nitrogen and oxygen atoms in total.